The lowest BCUT2D eigenvalue weighted by Crippen LogP contribution is -2.46. The molecule has 6 nitrogen and oxygen atoms in total. The molecule has 0 unspecified atom stereocenters. The minimum atomic E-state index is -0.301. The van der Waals surface area contributed by atoms with Crippen LogP contribution in [0.2, 0.25) is 0 Å². The maximum Gasteiger partial charge on any atom is 0.268 e. The van der Waals surface area contributed by atoms with E-state index in [1.165, 1.54) is 11.1 Å². The number of piperazine rings is 1. The van der Waals surface area contributed by atoms with Gasteiger partial charge < -0.3 is 15.6 Å². The predicted molar refractivity (Wildman–Crippen MR) is 116 cm³/mol. The summed E-state index contributed by atoms with van der Waals surface area (Å²) >= 11 is 0. The van der Waals surface area contributed by atoms with Crippen molar-refractivity contribution in [3.05, 3.63) is 83.1 Å². The number of amides is 2. The van der Waals surface area contributed by atoms with Crippen LogP contribution in [0.15, 0.2) is 60.3 Å². The summed E-state index contributed by atoms with van der Waals surface area (Å²) in [4.78, 5) is 31.7. The van der Waals surface area contributed by atoms with Crippen molar-refractivity contribution in [2.45, 2.75) is 26.2 Å². The van der Waals surface area contributed by atoms with Crippen molar-refractivity contribution < 1.29 is 9.59 Å². The molecule has 6 heteroatoms. The van der Waals surface area contributed by atoms with Gasteiger partial charge in [-0.3, -0.25) is 9.59 Å². The Morgan fingerprint density at radius 3 is 2.40 bits per heavy atom. The van der Waals surface area contributed by atoms with Crippen LogP contribution in [0, 0.1) is 0 Å². The average molecular weight is 400 g/mol. The number of nitrogens with one attached hydrogen (secondary N) is 3. The third-order valence-electron chi connectivity index (χ3n) is 5.03. The summed E-state index contributed by atoms with van der Waals surface area (Å²) in [5, 5.41) is 5.18. The van der Waals surface area contributed by atoms with E-state index < -0.39 is 0 Å². The molecule has 1 fully saturated rings. The smallest absolute Gasteiger partial charge is 0.268 e. The van der Waals surface area contributed by atoms with Crippen LogP contribution in [-0.4, -0.2) is 28.3 Å². The maximum absolute atomic E-state index is 12.0. The number of carbonyl (C=O) groups is 2. The van der Waals surface area contributed by atoms with E-state index in [-0.39, 0.29) is 30.0 Å². The molecule has 0 radical (unpaired) electrons. The van der Waals surface area contributed by atoms with Gasteiger partial charge >= 0.3 is 0 Å². The number of H-pyrrole nitrogens is 1. The number of benzene rings is 2. The number of hydrogen-bond donors (Lipinski definition) is 3. The van der Waals surface area contributed by atoms with E-state index in [2.05, 4.69) is 65.9 Å². The summed E-state index contributed by atoms with van der Waals surface area (Å²) in [6, 6.07) is 18.7. The Morgan fingerprint density at radius 1 is 1.00 bits per heavy atom. The van der Waals surface area contributed by atoms with Crippen LogP contribution < -0.4 is 10.6 Å². The van der Waals surface area contributed by atoms with E-state index in [4.69, 9.17) is 4.98 Å². The molecule has 152 valence electrons. The highest BCUT2D eigenvalue weighted by Gasteiger charge is 2.21. The van der Waals surface area contributed by atoms with Crippen LogP contribution >= 0.6 is 0 Å². The van der Waals surface area contributed by atoms with Gasteiger partial charge in [-0.05, 0) is 28.7 Å². The molecular weight excluding hydrogens is 376 g/mol. The number of rotatable bonds is 5. The van der Waals surface area contributed by atoms with Crippen LogP contribution in [-0.2, 0) is 16.0 Å². The summed E-state index contributed by atoms with van der Waals surface area (Å²) in [6.07, 6.45) is 2.29. The van der Waals surface area contributed by atoms with Crippen LogP contribution in [0.1, 0.15) is 42.5 Å². The third-order valence-corrected chi connectivity index (χ3v) is 5.03. The Kier molecular flexibility index (Phi) is 5.48. The first-order chi connectivity index (χ1) is 14.5. The molecule has 3 N–H and O–H groups in total. The van der Waals surface area contributed by atoms with Gasteiger partial charge in [0, 0.05) is 12.1 Å². The molecule has 0 spiro atoms. The third kappa shape index (κ3) is 4.33. The molecule has 1 aliphatic heterocycles. The van der Waals surface area contributed by atoms with Gasteiger partial charge in [-0.2, -0.15) is 0 Å². The SMILES string of the molecule is CC(C)c1[nH]c(Cc2ccc(-c3ccccc3)cc2)nc1C=C1NC(=O)CNC1=O. The van der Waals surface area contributed by atoms with E-state index in [1.54, 1.807) is 6.08 Å². The lowest BCUT2D eigenvalue weighted by molar-refractivity contribution is -0.127. The van der Waals surface area contributed by atoms with E-state index in [0.29, 0.717) is 12.1 Å². The maximum atomic E-state index is 12.0. The Bertz CT molecular complexity index is 1100. The zero-order chi connectivity index (χ0) is 21.1. The zero-order valence-electron chi connectivity index (χ0n) is 17.0. The molecule has 1 aromatic heterocycles. The first-order valence-corrected chi connectivity index (χ1v) is 10.0. The first-order valence-electron chi connectivity index (χ1n) is 10.0. The highest BCUT2D eigenvalue weighted by Crippen LogP contribution is 2.23. The van der Waals surface area contributed by atoms with Crippen molar-refractivity contribution in [2.75, 3.05) is 6.54 Å². The van der Waals surface area contributed by atoms with E-state index in [0.717, 1.165) is 17.1 Å². The van der Waals surface area contributed by atoms with Crippen LogP contribution in [0.25, 0.3) is 17.2 Å². The number of aromatic amines is 1. The van der Waals surface area contributed by atoms with E-state index in [9.17, 15) is 9.59 Å². The van der Waals surface area contributed by atoms with E-state index >= 15 is 0 Å². The quantitative estimate of drug-likeness (QED) is 0.574. The van der Waals surface area contributed by atoms with Gasteiger partial charge in [0.2, 0.25) is 5.91 Å². The minimum absolute atomic E-state index is 0.00198. The van der Waals surface area contributed by atoms with Gasteiger partial charge in [-0.15, -0.1) is 0 Å². The van der Waals surface area contributed by atoms with Crippen molar-refractivity contribution in [1.29, 1.82) is 0 Å². The number of carbonyl (C=O) groups excluding carboxylic acids is 2. The predicted octanol–water partition coefficient (Wildman–Crippen LogP) is 3.38. The molecule has 30 heavy (non-hydrogen) atoms. The number of aromatic nitrogens is 2. The largest absolute Gasteiger partial charge is 0.345 e. The van der Waals surface area contributed by atoms with Gasteiger partial charge in [0.25, 0.3) is 5.91 Å². The summed E-state index contributed by atoms with van der Waals surface area (Å²) in [6.45, 7) is 4.12. The summed E-state index contributed by atoms with van der Waals surface area (Å²) in [5.74, 6) is 0.480. The average Bonchev–Trinajstić information content (AvgIpc) is 3.14. The lowest BCUT2D eigenvalue weighted by atomic mass is 10.0. The summed E-state index contributed by atoms with van der Waals surface area (Å²) in [5.41, 5.74) is 5.33. The van der Waals surface area contributed by atoms with Crippen LogP contribution in [0.4, 0.5) is 0 Å². The second-order valence-electron chi connectivity index (χ2n) is 7.67. The van der Waals surface area contributed by atoms with Crippen molar-refractivity contribution >= 4 is 17.9 Å². The Balaban J connectivity index is 1.57. The van der Waals surface area contributed by atoms with Gasteiger partial charge in [0.1, 0.15) is 11.5 Å². The highest BCUT2D eigenvalue weighted by molar-refractivity contribution is 6.05. The minimum Gasteiger partial charge on any atom is -0.345 e. The molecule has 0 saturated carbocycles. The molecule has 4 rings (SSSR count). The molecular formula is C24H24N4O2. The molecule has 0 aliphatic carbocycles. The molecule has 2 amide bonds. The van der Waals surface area contributed by atoms with Crippen molar-refractivity contribution in [1.82, 2.24) is 20.6 Å². The fraction of sp³-hybridized carbons (Fsp3) is 0.208. The Labute approximate surface area is 175 Å². The van der Waals surface area contributed by atoms with Crippen LogP contribution in [0.5, 0.6) is 0 Å². The Morgan fingerprint density at radius 2 is 1.70 bits per heavy atom. The van der Waals surface area contributed by atoms with Crippen molar-refractivity contribution in [2.24, 2.45) is 0 Å². The number of imidazole rings is 1. The molecule has 0 atom stereocenters. The Hall–Kier alpha value is -3.67. The number of hydrogen-bond acceptors (Lipinski definition) is 3. The van der Waals surface area contributed by atoms with Crippen molar-refractivity contribution in [3.8, 4) is 11.1 Å². The molecule has 2 heterocycles. The van der Waals surface area contributed by atoms with Gasteiger partial charge in [-0.25, -0.2) is 4.98 Å². The first kappa shape index (κ1) is 19.6. The van der Waals surface area contributed by atoms with Gasteiger partial charge in [-0.1, -0.05) is 68.4 Å². The zero-order valence-corrected chi connectivity index (χ0v) is 17.0. The molecule has 3 aromatic rings. The second kappa shape index (κ2) is 8.37. The highest BCUT2D eigenvalue weighted by atomic mass is 16.2. The lowest BCUT2D eigenvalue weighted by Gasteiger charge is -2.15. The fourth-order valence-electron chi connectivity index (χ4n) is 3.47. The molecule has 1 saturated heterocycles. The van der Waals surface area contributed by atoms with Crippen LogP contribution in [0.3, 0.4) is 0 Å². The standard InChI is InChI=1S/C24H24N4O2/c1-15(2)23-19(13-20-24(30)25-14-22(29)27-20)26-21(28-23)12-16-8-10-18(11-9-16)17-6-4-3-5-7-17/h3-11,13,15H,12,14H2,1-2H3,(H,25,30)(H,26,28)(H,27,29). The topological polar surface area (TPSA) is 86.9 Å². The second-order valence-corrected chi connectivity index (χ2v) is 7.67. The molecule has 2 aromatic carbocycles. The van der Waals surface area contributed by atoms with Gasteiger partial charge in [0.05, 0.1) is 12.2 Å². The van der Waals surface area contributed by atoms with Crippen molar-refractivity contribution in [3.63, 3.8) is 0 Å². The normalized spacial score (nSPS) is 15.4. The fourth-order valence-corrected chi connectivity index (χ4v) is 3.47. The summed E-state index contributed by atoms with van der Waals surface area (Å²) < 4.78 is 0. The summed E-state index contributed by atoms with van der Waals surface area (Å²) in [7, 11) is 0. The molecule has 1 aliphatic rings. The van der Waals surface area contributed by atoms with E-state index in [1.807, 2.05) is 18.2 Å². The number of nitrogens with zero attached hydrogens (tertiary/aromatic N) is 1. The monoisotopic (exact) mass is 400 g/mol. The molecule has 0 bridgehead atoms. The van der Waals surface area contributed by atoms with Gasteiger partial charge in [0.15, 0.2) is 0 Å².